The van der Waals surface area contributed by atoms with Gasteiger partial charge in [0.2, 0.25) is 0 Å². The van der Waals surface area contributed by atoms with Gasteiger partial charge in [-0.25, -0.2) is 5.43 Å². The van der Waals surface area contributed by atoms with Gasteiger partial charge in [-0.3, -0.25) is 5.84 Å². The van der Waals surface area contributed by atoms with E-state index < -0.39 is 0 Å². The number of rotatable bonds is 4. The van der Waals surface area contributed by atoms with E-state index in [0.29, 0.717) is 5.02 Å². The van der Waals surface area contributed by atoms with Crippen molar-refractivity contribution < 1.29 is 9.15 Å². The molecule has 0 amide bonds. The molecule has 0 saturated carbocycles. The van der Waals surface area contributed by atoms with Gasteiger partial charge in [0.15, 0.2) is 0 Å². The second-order valence-corrected chi connectivity index (χ2v) is 4.79. The lowest BCUT2D eigenvalue weighted by molar-refractivity contribution is 0.403. The molecule has 0 fully saturated rings. The Morgan fingerprint density at radius 1 is 1.26 bits per heavy atom. The first-order valence-corrected chi connectivity index (χ1v) is 6.31. The summed E-state index contributed by atoms with van der Waals surface area (Å²) in [6.07, 6.45) is 0. The molecule has 2 rings (SSSR count). The number of aryl methyl sites for hydroxylation is 2. The van der Waals surface area contributed by atoms with Crippen LogP contribution in [0.5, 0.6) is 5.75 Å². The molecule has 0 aliphatic rings. The number of hydrogen-bond donors (Lipinski definition) is 2. The first kappa shape index (κ1) is 13.9. The zero-order valence-electron chi connectivity index (χ0n) is 11.2. The summed E-state index contributed by atoms with van der Waals surface area (Å²) in [6, 6.07) is 7.17. The van der Waals surface area contributed by atoms with E-state index in [4.69, 9.17) is 26.6 Å². The van der Waals surface area contributed by atoms with E-state index >= 15 is 0 Å². The molecule has 3 N–H and O–H groups in total. The largest absolute Gasteiger partial charge is 0.496 e. The van der Waals surface area contributed by atoms with Gasteiger partial charge in [0.25, 0.3) is 0 Å². The maximum Gasteiger partial charge on any atom is 0.124 e. The molecule has 0 aliphatic carbocycles. The number of furan rings is 1. The van der Waals surface area contributed by atoms with Gasteiger partial charge in [-0.15, -0.1) is 0 Å². The minimum Gasteiger partial charge on any atom is -0.496 e. The summed E-state index contributed by atoms with van der Waals surface area (Å²) in [5.41, 5.74) is 4.64. The Kier molecular flexibility index (Phi) is 4.14. The lowest BCUT2D eigenvalue weighted by atomic mass is 9.98. The van der Waals surface area contributed by atoms with E-state index in [1.54, 1.807) is 13.2 Å². The van der Waals surface area contributed by atoms with Crippen molar-refractivity contribution in [3.8, 4) is 5.75 Å². The molecule has 5 heteroatoms. The summed E-state index contributed by atoms with van der Waals surface area (Å²) in [4.78, 5) is 0. The third kappa shape index (κ3) is 2.76. The summed E-state index contributed by atoms with van der Waals surface area (Å²) in [5, 5.41) is 0.633. The zero-order valence-corrected chi connectivity index (χ0v) is 11.9. The van der Waals surface area contributed by atoms with E-state index in [2.05, 4.69) is 5.43 Å². The van der Waals surface area contributed by atoms with Gasteiger partial charge in [0, 0.05) is 16.1 Å². The Morgan fingerprint density at radius 3 is 2.53 bits per heavy atom. The predicted molar refractivity (Wildman–Crippen MR) is 75.4 cm³/mol. The average Bonchev–Trinajstić information content (AvgIpc) is 2.70. The van der Waals surface area contributed by atoms with Gasteiger partial charge in [-0.1, -0.05) is 11.6 Å². The minimum absolute atomic E-state index is 0.230. The lowest BCUT2D eigenvalue weighted by Gasteiger charge is -2.19. The third-order valence-corrected chi connectivity index (χ3v) is 3.29. The molecular weight excluding hydrogens is 264 g/mol. The van der Waals surface area contributed by atoms with Crippen LogP contribution in [0.25, 0.3) is 0 Å². The van der Waals surface area contributed by atoms with Crippen molar-refractivity contribution in [1.29, 1.82) is 0 Å². The Morgan fingerprint density at radius 2 is 2.00 bits per heavy atom. The number of ether oxygens (including phenoxy) is 1. The summed E-state index contributed by atoms with van der Waals surface area (Å²) in [5.74, 6) is 8.09. The molecule has 4 nitrogen and oxygen atoms in total. The Labute approximate surface area is 117 Å². The van der Waals surface area contributed by atoms with Crippen LogP contribution in [0.4, 0.5) is 0 Å². The van der Waals surface area contributed by atoms with Crippen molar-refractivity contribution in [2.45, 2.75) is 19.9 Å². The van der Waals surface area contributed by atoms with Gasteiger partial charge in [-0.05, 0) is 38.1 Å². The molecule has 1 aromatic heterocycles. The summed E-state index contributed by atoms with van der Waals surface area (Å²) >= 11 is 6.06. The second kappa shape index (κ2) is 5.65. The molecule has 0 saturated heterocycles. The molecule has 19 heavy (non-hydrogen) atoms. The van der Waals surface area contributed by atoms with Gasteiger partial charge in [-0.2, -0.15) is 0 Å². The van der Waals surface area contributed by atoms with Gasteiger partial charge < -0.3 is 9.15 Å². The molecular formula is C14H17ClN2O2. The van der Waals surface area contributed by atoms with Crippen molar-refractivity contribution in [2.24, 2.45) is 5.84 Å². The van der Waals surface area contributed by atoms with Crippen molar-refractivity contribution in [3.05, 3.63) is 51.9 Å². The highest BCUT2D eigenvalue weighted by molar-refractivity contribution is 6.30. The fraction of sp³-hybridized carbons (Fsp3) is 0.286. The maximum atomic E-state index is 6.06. The van der Waals surface area contributed by atoms with Crippen LogP contribution in [-0.2, 0) is 0 Å². The third-order valence-electron chi connectivity index (χ3n) is 3.06. The standard InChI is InChI=1S/C14H17ClN2O2/c1-8-6-11(9(2)19-8)14(17-16)12-7-10(15)4-5-13(12)18-3/h4-7,14,17H,16H2,1-3H3. The molecule has 1 unspecified atom stereocenters. The monoisotopic (exact) mass is 280 g/mol. The van der Waals surface area contributed by atoms with Crippen LogP contribution in [0.2, 0.25) is 5.02 Å². The van der Waals surface area contributed by atoms with Gasteiger partial charge >= 0.3 is 0 Å². The van der Waals surface area contributed by atoms with Crippen molar-refractivity contribution in [1.82, 2.24) is 5.43 Å². The molecule has 0 aliphatic heterocycles. The molecule has 2 aromatic rings. The molecule has 0 bridgehead atoms. The van der Waals surface area contributed by atoms with Gasteiger partial charge in [0.05, 0.1) is 13.2 Å². The van der Waals surface area contributed by atoms with Crippen LogP contribution in [0.3, 0.4) is 0 Å². The van der Waals surface area contributed by atoms with Crippen molar-refractivity contribution in [2.75, 3.05) is 7.11 Å². The fourth-order valence-electron chi connectivity index (χ4n) is 2.21. The number of methoxy groups -OCH3 is 1. The molecule has 0 spiro atoms. The van der Waals surface area contributed by atoms with E-state index in [9.17, 15) is 0 Å². The Hall–Kier alpha value is -1.49. The SMILES string of the molecule is COc1ccc(Cl)cc1C(NN)c1cc(C)oc1C. The van der Waals surface area contributed by atoms with Crippen molar-refractivity contribution >= 4 is 11.6 Å². The topological polar surface area (TPSA) is 60.4 Å². The van der Waals surface area contributed by atoms with Crippen LogP contribution in [0.15, 0.2) is 28.7 Å². The summed E-state index contributed by atoms with van der Waals surface area (Å²) in [6.45, 7) is 3.81. The summed E-state index contributed by atoms with van der Waals surface area (Å²) < 4.78 is 10.9. The predicted octanol–water partition coefficient (Wildman–Crippen LogP) is 3.11. The number of nitrogens with one attached hydrogen (secondary N) is 1. The highest BCUT2D eigenvalue weighted by Crippen LogP contribution is 2.34. The normalized spacial score (nSPS) is 12.5. The van der Waals surface area contributed by atoms with E-state index in [1.807, 2.05) is 32.0 Å². The Bertz CT molecular complexity index is 581. The summed E-state index contributed by atoms with van der Waals surface area (Å²) in [7, 11) is 1.62. The molecule has 1 heterocycles. The van der Waals surface area contributed by atoms with Crippen LogP contribution < -0.4 is 16.0 Å². The van der Waals surface area contributed by atoms with Crippen LogP contribution in [-0.4, -0.2) is 7.11 Å². The van der Waals surface area contributed by atoms with E-state index in [-0.39, 0.29) is 6.04 Å². The number of nitrogens with two attached hydrogens (primary N) is 1. The van der Waals surface area contributed by atoms with Crippen LogP contribution in [0.1, 0.15) is 28.7 Å². The first-order valence-electron chi connectivity index (χ1n) is 5.93. The molecule has 102 valence electrons. The number of halogens is 1. The molecule has 1 atom stereocenters. The lowest BCUT2D eigenvalue weighted by Crippen LogP contribution is -2.29. The van der Waals surface area contributed by atoms with Crippen molar-refractivity contribution in [3.63, 3.8) is 0 Å². The van der Waals surface area contributed by atoms with Gasteiger partial charge in [0.1, 0.15) is 17.3 Å². The minimum atomic E-state index is -0.230. The fourth-order valence-corrected chi connectivity index (χ4v) is 2.40. The first-order chi connectivity index (χ1) is 9.06. The quantitative estimate of drug-likeness (QED) is 0.667. The maximum absolute atomic E-state index is 6.06. The highest BCUT2D eigenvalue weighted by Gasteiger charge is 2.21. The Balaban J connectivity index is 2.53. The number of hydrogen-bond acceptors (Lipinski definition) is 4. The average molecular weight is 281 g/mol. The second-order valence-electron chi connectivity index (χ2n) is 4.35. The highest BCUT2D eigenvalue weighted by atomic mass is 35.5. The van der Waals surface area contributed by atoms with Crippen LogP contribution in [0, 0.1) is 13.8 Å². The smallest absolute Gasteiger partial charge is 0.124 e. The molecule has 0 radical (unpaired) electrons. The van der Waals surface area contributed by atoms with Crippen LogP contribution >= 0.6 is 11.6 Å². The van der Waals surface area contributed by atoms with E-state index in [1.165, 1.54) is 0 Å². The number of benzene rings is 1. The van der Waals surface area contributed by atoms with E-state index in [0.717, 1.165) is 28.4 Å². The molecule has 1 aromatic carbocycles. The zero-order chi connectivity index (χ0) is 14.0. The number of hydrazine groups is 1.